The average Bonchev–Trinajstić information content (AvgIpc) is 2.61. The maximum absolute atomic E-state index is 12.8. The highest BCUT2D eigenvalue weighted by Gasteiger charge is 2.32. The van der Waals surface area contributed by atoms with Crippen LogP contribution in [0.5, 0.6) is 0 Å². The predicted molar refractivity (Wildman–Crippen MR) is 111 cm³/mol. The molecule has 2 aromatic rings. The van der Waals surface area contributed by atoms with Gasteiger partial charge >= 0.3 is 0 Å². The molecule has 5 nitrogen and oxygen atoms in total. The van der Waals surface area contributed by atoms with E-state index in [0.717, 1.165) is 17.4 Å². The number of carbonyl (C=O) groups is 1. The third kappa shape index (κ3) is 5.71. The van der Waals surface area contributed by atoms with Crippen molar-refractivity contribution < 1.29 is 13.2 Å². The summed E-state index contributed by atoms with van der Waals surface area (Å²) in [6.45, 7) is 4.02. The molecule has 0 fully saturated rings. The Hall–Kier alpha value is -2.05. The Morgan fingerprint density at radius 3 is 2.44 bits per heavy atom. The van der Waals surface area contributed by atoms with Gasteiger partial charge in [-0.05, 0) is 43.0 Å². The fourth-order valence-corrected chi connectivity index (χ4v) is 4.38. The molecule has 1 N–H and O–H groups in total. The van der Waals surface area contributed by atoms with Gasteiger partial charge in [0.15, 0.2) is 0 Å². The first-order valence-electron chi connectivity index (χ1n) is 8.81. The second kappa shape index (κ2) is 9.24. The molecule has 7 heteroatoms. The van der Waals surface area contributed by atoms with E-state index in [-0.39, 0.29) is 5.91 Å². The molecule has 1 amide bonds. The van der Waals surface area contributed by atoms with Gasteiger partial charge in [-0.25, -0.2) is 8.42 Å². The smallest absolute Gasteiger partial charge is 0.243 e. The molecule has 0 aliphatic heterocycles. The van der Waals surface area contributed by atoms with Crippen LogP contribution < -0.4 is 9.62 Å². The Morgan fingerprint density at radius 1 is 1.19 bits per heavy atom. The minimum atomic E-state index is -3.68. The molecular formula is C20H25ClN2O3S. The highest BCUT2D eigenvalue weighted by atomic mass is 35.5. The largest absolute Gasteiger partial charge is 0.354 e. The Balaban J connectivity index is 2.22. The van der Waals surface area contributed by atoms with Gasteiger partial charge in [0, 0.05) is 11.6 Å². The summed E-state index contributed by atoms with van der Waals surface area (Å²) in [6, 6.07) is 14.0. The number of sulfonamides is 1. The number of rotatable bonds is 8. The molecule has 0 aliphatic carbocycles. The summed E-state index contributed by atoms with van der Waals surface area (Å²) in [4.78, 5) is 12.8. The number of nitrogens with one attached hydrogen (secondary N) is 1. The van der Waals surface area contributed by atoms with E-state index in [1.807, 2.05) is 30.3 Å². The summed E-state index contributed by atoms with van der Waals surface area (Å²) in [7, 11) is -3.68. The summed E-state index contributed by atoms with van der Waals surface area (Å²) in [6.07, 6.45) is 2.13. The number of hydrogen-bond acceptors (Lipinski definition) is 3. The number of benzene rings is 2. The fourth-order valence-electron chi connectivity index (χ4n) is 2.95. The maximum Gasteiger partial charge on any atom is 0.243 e. The number of carbonyl (C=O) groups excluding carboxylic acids is 1. The second-order valence-electron chi connectivity index (χ2n) is 6.44. The molecule has 2 rings (SSSR count). The minimum absolute atomic E-state index is 0.321. The number of amides is 1. The van der Waals surface area contributed by atoms with Gasteiger partial charge in [0.05, 0.1) is 11.9 Å². The molecule has 0 aliphatic rings. The molecule has 1 atom stereocenters. The van der Waals surface area contributed by atoms with Gasteiger partial charge in [-0.3, -0.25) is 9.10 Å². The minimum Gasteiger partial charge on any atom is -0.354 e. The molecule has 0 bridgehead atoms. The van der Waals surface area contributed by atoms with Gasteiger partial charge in [-0.15, -0.1) is 0 Å². The van der Waals surface area contributed by atoms with E-state index in [9.17, 15) is 13.2 Å². The van der Waals surface area contributed by atoms with Crippen LogP contribution in [-0.2, 0) is 21.2 Å². The van der Waals surface area contributed by atoms with Crippen molar-refractivity contribution in [3.8, 4) is 0 Å². The van der Waals surface area contributed by atoms with Crippen molar-refractivity contribution in [2.45, 2.75) is 32.7 Å². The monoisotopic (exact) mass is 408 g/mol. The zero-order valence-corrected chi connectivity index (χ0v) is 17.3. The summed E-state index contributed by atoms with van der Waals surface area (Å²) < 4.78 is 26.2. The molecule has 146 valence electrons. The number of hydrogen-bond donors (Lipinski definition) is 1. The topological polar surface area (TPSA) is 66.5 Å². The number of aryl methyl sites for hydroxylation is 1. The van der Waals surface area contributed by atoms with Crippen molar-refractivity contribution >= 4 is 33.2 Å². The lowest BCUT2D eigenvalue weighted by Crippen LogP contribution is -2.49. The Kier molecular flexibility index (Phi) is 7.27. The van der Waals surface area contributed by atoms with Crippen LogP contribution in [0.25, 0.3) is 0 Å². The lowest BCUT2D eigenvalue weighted by Gasteiger charge is -2.31. The maximum atomic E-state index is 12.8. The van der Waals surface area contributed by atoms with E-state index >= 15 is 0 Å². The second-order valence-corrected chi connectivity index (χ2v) is 8.74. The van der Waals surface area contributed by atoms with E-state index in [2.05, 4.69) is 5.32 Å². The number of nitrogens with zero attached hydrogens (tertiary/aromatic N) is 1. The zero-order valence-electron chi connectivity index (χ0n) is 15.8. The van der Waals surface area contributed by atoms with Crippen molar-refractivity contribution in [1.29, 1.82) is 0 Å². The number of halogens is 1. The Labute approximate surface area is 166 Å². The van der Waals surface area contributed by atoms with E-state index in [1.165, 1.54) is 4.31 Å². The van der Waals surface area contributed by atoms with Crippen LogP contribution in [0.1, 0.15) is 24.5 Å². The molecule has 0 aromatic heterocycles. The standard InChI is InChI=1S/C20H25ClN2O3S/c1-4-18(20(24)22-13-12-16-8-6-5-7-9-16)23(27(3,25)26)19-14-17(21)11-10-15(19)2/h5-11,14,18H,4,12-13H2,1-3H3,(H,22,24)/t18-/m0/s1. The zero-order chi connectivity index (χ0) is 20.0. The summed E-state index contributed by atoms with van der Waals surface area (Å²) >= 11 is 6.07. The van der Waals surface area contributed by atoms with Crippen LogP contribution in [0.3, 0.4) is 0 Å². The van der Waals surface area contributed by atoms with Crippen molar-refractivity contribution in [3.63, 3.8) is 0 Å². The van der Waals surface area contributed by atoms with E-state index in [1.54, 1.807) is 32.0 Å². The van der Waals surface area contributed by atoms with Gasteiger partial charge in [-0.1, -0.05) is 54.9 Å². The number of anilines is 1. The van der Waals surface area contributed by atoms with Crippen LogP contribution in [0, 0.1) is 6.92 Å². The lowest BCUT2D eigenvalue weighted by molar-refractivity contribution is -0.122. The summed E-state index contributed by atoms with van der Waals surface area (Å²) in [5.41, 5.74) is 2.27. The normalized spacial score (nSPS) is 12.4. The van der Waals surface area contributed by atoms with Crippen molar-refractivity contribution in [1.82, 2.24) is 5.32 Å². The third-order valence-corrected chi connectivity index (χ3v) is 5.69. The molecule has 0 radical (unpaired) electrons. The molecule has 0 heterocycles. The van der Waals surface area contributed by atoms with Gasteiger partial charge < -0.3 is 5.32 Å². The van der Waals surface area contributed by atoms with Crippen LogP contribution in [0.2, 0.25) is 5.02 Å². The van der Waals surface area contributed by atoms with Crippen molar-refractivity contribution in [3.05, 3.63) is 64.7 Å². The first kappa shape index (κ1) is 21.3. The summed E-state index contributed by atoms with van der Waals surface area (Å²) in [5, 5.41) is 3.28. The highest BCUT2D eigenvalue weighted by Crippen LogP contribution is 2.29. The molecular weight excluding hydrogens is 384 g/mol. The average molecular weight is 409 g/mol. The van der Waals surface area contributed by atoms with Crippen LogP contribution in [0.4, 0.5) is 5.69 Å². The van der Waals surface area contributed by atoms with Crippen molar-refractivity contribution in [2.75, 3.05) is 17.1 Å². The molecule has 0 saturated carbocycles. The SMILES string of the molecule is CC[C@@H](C(=O)NCCc1ccccc1)N(c1cc(Cl)ccc1C)S(C)(=O)=O. The molecule has 0 saturated heterocycles. The molecule has 0 spiro atoms. The van der Waals surface area contributed by atoms with E-state index in [4.69, 9.17) is 11.6 Å². The molecule has 27 heavy (non-hydrogen) atoms. The van der Waals surface area contributed by atoms with Gasteiger partial charge in [0.25, 0.3) is 0 Å². The lowest BCUT2D eigenvalue weighted by atomic mass is 10.1. The first-order chi connectivity index (χ1) is 12.7. The predicted octanol–water partition coefficient (Wildman–Crippen LogP) is 3.55. The van der Waals surface area contributed by atoms with Crippen LogP contribution in [0.15, 0.2) is 48.5 Å². The van der Waals surface area contributed by atoms with E-state index in [0.29, 0.717) is 30.1 Å². The van der Waals surface area contributed by atoms with Crippen LogP contribution in [-0.4, -0.2) is 33.2 Å². The van der Waals surface area contributed by atoms with Gasteiger partial charge in [0.2, 0.25) is 15.9 Å². The molecule has 2 aromatic carbocycles. The van der Waals surface area contributed by atoms with Gasteiger partial charge in [-0.2, -0.15) is 0 Å². The fraction of sp³-hybridized carbons (Fsp3) is 0.350. The summed E-state index contributed by atoms with van der Waals surface area (Å²) in [5.74, 6) is -0.321. The van der Waals surface area contributed by atoms with E-state index < -0.39 is 16.1 Å². The van der Waals surface area contributed by atoms with Crippen molar-refractivity contribution in [2.24, 2.45) is 0 Å². The van der Waals surface area contributed by atoms with Gasteiger partial charge in [0.1, 0.15) is 6.04 Å². The Bertz CT molecular complexity index is 885. The quantitative estimate of drug-likeness (QED) is 0.726. The molecule has 0 unspecified atom stereocenters. The first-order valence-corrected chi connectivity index (χ1v) is 11.0. The van der Waals surface area contributed by atoms with Crippen LogP contribution >= 0.6 is 11.6 Å². The third-order valence-electron chi connectivity index (χ3n) is 4.29. The Morgan fingerprint density at radius 2 is 1.85 bits per heavy atom. The highest BCUT2D eigenvalue weighted by molar-refractivity contribution is 7.92.